The Labute approximate surface area is 73.4 Å². The molecule has 0 unspecified atom stereocenters. The zero-order chi connectivity index (χ0) is 8.55. The molecule has 0 N–H and O–H groups in total. The van der Waals surface area contributed by atoms with Gasteiger partial charge < -0.3 is 4.42 Å². The number of benzene rings is 1. The van der Waals surface area contributed by atoms with Gasteiger partial charge >= 0.3 is 5.63 Å². The van der Waals surface area contributed by atoms with Crippen LogP contribution < -0.4 is 5.63 Å². The summed E-state index contributed by atoms with van der Waals surface area (Å²) in [5.74, 6) is 0. The van der Waals surface area contributed by atoms with E-state index >= 15 is 0 Å². The Kier molecular flexibility index (Phi) is 1.62. The fraction of sp³-hybridized carbons (Fsp3) is 0. The SMILES string of the molecule is O=c1occ(Cl)c2ccccc12. The molecule has 0 radical (unpaired) electrons. The first kappa shape index (κ1) is 7.37. The summed E-state index contributed by atoms with van der Waals surface area (Å²) >= 11 is 5.80. The van der Waals surface area contributed by atoms with Crippen LogP contribution in [0, 0.1) is 0 Å². The molecule has 0 saturated carbocycles. The molecule has 2 aromatic rings. The van der Waals surface area contributed by atoms with Gasteiger partial charge in [-0.3, -0.25) is 0 Å². The summed E-state index contributed by atoms with van der Waals surface area (Å²) in [5, 5.41) is 1.71. The summed E-state index contributed by atoms with van der Waals surface area (Å²) < 4.78 is 4.68. The molecule has 0 fully saturated rings. The highest BCUT2D eigenvalue weighted by molar-refractivity contribution is 6.35. The minimum atomic E-state index is -0.352. The number of halogens is 1. The standard InChI is InChI=1S/C9H5ClO2/c10-8-5-12-9(11)7-4-2-1-3-6(7)8/h1-5H. The minimum absolute atomic E-state index is 0.352. The average Bonchev–Trinajstić information content (AvgIpc) is 2.12. The Morgan fingerprint density at radius 3 is 2.50 bits per heavy atom. The molecule has 2 rings (SSSR count). The fourth-order valence-corrected chi connectivity index (χ4v) is 1.31. The van der Waals surface area contributed by atoms with Gasteiger partial charge in [0.1, 0.15) is 6.26 Å². The topological polar surface area (TPSA) is 30.2 Å². The van der Waals surface area contributed by atoms with Gasteiger partial charge in [0.2, 0.25) is 0 Å². The van der Waals surface area contributed by atoms with Gasteiger partial charge in [-0.1, -0.05) is 29.8 Å². The lowest BCUT2D eigenvalue weighted by atomic mass is 10.2. The van der Waals surface area contributed by atoms with E-state index in [2.05, 4.69) is 4.42 Å². The summed E-state index contributed by atoms with van der Waals surface area (Å²) in [6.07, 6.45) is 1.26. The van der Waals surface area contributed by atoms with Crippen molar-refractivity contribution in [3.05, 3.63) is 46.0 Å². The van der Waals surface area contributed by atoms with Crippen LogP contribution in [-0.4, -0.2) is 0 Å². The third-order valence-electron chi connectivity index (χ3n) is 1.67. The summed E-state index contributed by atoms with van der Waals surface area (Å²) in [6.45, 7) is 0. The maximum absolute atomic E-state index is 11.1. The van der Waals surface area contributed by atoms with E-state index in [0.717, 1.165) is 5.39 Å². The Hall–Kier alpha value is -1.28. The maximum Gasteiger partial charge on any atom is 0.343 e. The van der Waals surface area contributed by atoms with Gasteiger partial charge in [-0.05, 0) is 6.07 Å². The van der Waals surface area contributed by atoms with Crippen LogP contribution in [0.3, 0.4) is 0 Å². The van der Waals surface area contributed by atoms with Crippen LogP contribution in [0.5, 0.6) is 0 Å². The normalized spacial score (nSPS) is 10.4. The van der Waals surface area contributed by atoms with Crippen molar-refractivity contribution >= 4 is 22.4 Å². The minimum Gasteiger partial charge on any atom is -0.429 e. The molecule has 3 heteroatoms. The summed E-state index contributed by atoms with van der Waals surface area (Å²) in [7, 11) is 0. The number of rotatable bonds is 0. The van der Waals surface area contributed by atoms with Crippen molar-refractivity contribution in [2.45, 2.75) is 0 Å². The molecule has 0 saturated heterocycles. The van der Waals surface area contributed by atoms with Crippen molar-refractivity contribution in [1.82, 2.24) is 0 Å². The molecule has 0 aliphatic carbocycles. The van der Waals surface area contributed by atoms with Gasteiger partial charge in [-0.25, -0.2) is 4.79 Å². The summed E-state index contributed by atoms with van der Waals surface area (Å²) in [4.78, 5) is 11.1. The van der Waals surface area contributed by atoms with E-state index in [0.29, 0.717) is 10.4 Å². The van der Waals surface area contributed by atoms with Gasteiger partial charge in [0.25, 0.3) is 0 Å². The molecule has 1 heterocycles. The first-order valence-electron chi connectivity index (χ1n) is 3.45. The van der Waals surface area contributed by atoms with E-state index in [1.807, 2.05) is 6.07 Å². The highest BCUT2D eigenvalue weighted by Crippen LogP contribution is 2.19. The molecule has 0 amide bonds. The van der Waals surface area contributed by atoms with Gasteiger partial charge in [0, 0.05) is 5.39 Å². The van der Waals surface area contributed by atoms with Gasteiger partial charge in [-0.15, -0.1) is 0 Å². The molecule has 60 valence electrons. The predicted octanol–water partition coefficient (Wildman–Crippen LogP) is 2.45. The molecule has 0 atom stereocenters. The zero-order valence-corrected chi connectivity index (χ0v) is 6.84. The molecular formula is C9H5ClO2. The highest BCUT2D eigenvalue weighted by Gasteiger charge is 2.01. The number of hydrogen-bond acceptors (Lipinski definition) is 2. The van der Waals surface area contributed by atoms with Crippen molar-refractivity contribution in [3.8, 4) is 0 Å². The molecule has 0 spiro atoms. The molecule has 0 bridgehead atoms. The Bertz CT molecular complexity index is 473. The van der Waals surface area contributed by atoms with E-state index < -0.39 is 0 Å². The lowest BCUT2D eigenvalue weighted by molar-refractivity contribution is 0.519. The molecule has 0 aliphatic rings. The Morgan fingerprint density at radius 2 is 1.83 bits per heavy atom. The number of fused-ring (bicyclic) bond motifs is 1. The average molecular weight is 181 g/mol. The third-order valence-corrected chi connectivity index (χ3v) is 1.97. The van der Waals surface area contributed by atoms with Crippen molar-refractivity contribution in [1.29, 1.82) is 0 Å². The first-order chi connectivity index (χ1) is 5.79. The van der Waals surface area contributed by atoms with E-state index in [9.17, 15) is 4.79 Å². The quantitative estimate of drug-likeness (QED) is 0.624. The van der Waals surface area contributed by atoms with Crippen LogP contribution >= 0.6 is 11.6 Å². The second-order valence-electron chi connectivity index (χ2n) is 2.42. The van der Waals surface area contributed by atoms with Crippen LogP contribution in [0.15, 0.2) is 39.7 Å². The molecule has 12 heavy (non-hydrogen) atoms. The Morgan fingerprint density at radius 1 is 1.17 bits per heavy atom. The molecule has 0 aliphatic heterocycles. The zero-order valence-electron chi connectivity index (χ0n) is 6.08. The van der Waals surface area contributed by atoms with Gasteiger partial charge in [0.15, 0.2) is 0 Å². The van der Waals surface area contributed by atoms with E-state index in [1.54, 1.807) is 18.2 Å². The van der Waals surface area contributed by atoms with E-state index in [-0.39, 0.29) is 5.63 Å². The van der Waals surface area contributed by atoms with Crippen LogP contribution in [0.25, 0.3) is 10.8 Å². The third kappa shape index (κ3) is 1.01. The fourth-order valence-electron chi connectivity index (χ4n) is 1.10. The largest absolute Gasteiger partial charge is 0.429 e. The lowest BCUT2D eigenvalue weighted by Crippen LogP contribution is -1.97. The van der Waals surface area contributed by atoms with Crippen LogP contribution in [0.1, 0.15) is 0 Å². The maximum atomic E-state index is 11.1. The molecule has 1 aromatic heterocycles. The second kappa shape index (κ2) is 2.64. The monoisotopic (exact) mass is 180 g/mol. The van der Waals surface area contributed by atoms with Gasteiger partial charge in [-0.2, -0.15) is 0 Å². The van der Waals surface area contributed by atoms with Crippen molar-refractivity contribution in [2.24, 2.45) is 0 Å². The van der Waals surface area contributed by atoms with Gasteiger partial charge in [0.05, 0.1) is 10.4 Å². The van der Waals surface area contributed by atoms with Crippen molar-refractivity contribution in [2.75, 3.05) is 0 Å². The lowest BCUT2D eigenvalue weighted by Gasteiger charge is -1.95. The van der Waals surface area contributed by atoms with Crippen molar-refractivity contribution < 1.29 is 4.42 Å². The van der Waals surface area contributed by atoms with E-state index in [4.69, 9.17) is 11.6 Å². The van der Waals surface area contributed by atoms with Crippen LogP contribution in [0.4, 0.5) is 0 Å². The van der Waals surface area contributed by atoms with Crippen LogP contribution in [0.2, 0.25) is 5.02 Å². The molecule has 2 nitrogen and oxygen atoms in total. The predicted molar refractivity (Wildman–Crippen MR) is 47.5 cm³/mol. The number of hydrogen-bond donors (Lipinski definition) is 0. The van der Waals surface area contributed by atoms with E-state index in [1.165, 1.54) is 6.26 Å². The summed E-state index contributed by atoms with van der Waals surface area (Å²) in [5.41, 5.74) is -0.352. The smallest absolute Gasteiger partial charge is 0.343 e. The van der Waals surface area contributed by atoms with Crippen molar-refractivity contribution in [3.63, 3.8) is 0 Å². The summed E-state index contributed by atoms with van der Waals surface area (Å²) in [6, 6.07) is 7.07. The second-order valence-corrected chi connectivity index (χ2v) is 2.82. The Balaban J connectivity index is 3.05. The first-order valence-corrected chi connectivity index (χ1v) is 3.83. The van der Waals surface area contributed by atoms with Crippen LogP contribution in [-0.2, 0) is 0 Å². The molecule has 1 aromatic carbocycles. The highest BCUT2D eigenvalue weighted by atomic mass is 35.5. The molecular weight excluding hydrogens is 176 g/mol.